The topological polar surface area (TPSA) is 55.4 Å². The normalized spacial score (nSPS) is 17.7. The molecule has 0 spiro atoms. The van der Waals surface area contributed by atoms with Gasteiger partial charge in [0.05, 0.1) is 38.8 Å². The second-order valence-corrected chi connectivity index (χ2v) is 11.2. The summed E-state index contributed by atoms with van der Waals surface area (Å²) < 4.78 is 21.9. The number of carbonyl (C=O) groups excluding carboxylic acids is 1. The fourth-order valence-electron chi connectivity index (χ4n) is 2.97. The van der Waals surface area contributed by atoms with Crippen molar-refractivity contribution in [3.05, 3.63) is 33.3 Å². The highest BCUT2D eigenvalue weighted by Crippen LogP contribution is 2.40. The molecule has 1 rings (SSSR count). The fourth-order valence-corrected chi connectivity index (χ4v) is 4.33. The van der Waals surface area contributed by atoms with Crippen molar-refractivity contribution in [2.24, 2.45) is 11.8 Å². The molecule has 0 aliphatic carbocycles. The van der Waals surface area contributed by atoms with E-state index in [9.17, 15) is 9.00 Å². The second-order valence-electron chi connectivity index (χ2n) is 7.93. The van der Waals surface area contributed by atoms with Crippen LogP contribution < -0.4 is 4.72 Å². The van der Waals surface area contributed by atoms with Gasteiger partial charge in [0.1, 0.15) is 0 Å². The van der Waals surface area contributed by atoms with Crippen LogP contribution in [0.15, 0.2) is 22.7 Å². The summed E-state index contributed by atoms with van der Waals surface area (Å²) in [5.74, 6) is -0.807. The van der Waals surface area contributed by atoms with Gasteiger partial charge in [0.25, 0.3) is 0 Å². The lowest BCUT2D eigenvalue weighted by molar-refractivity contribution is -0.153. The Morgan fingerprint density at radius 2 is 1.89 bits per heavy atom. The van der Waals surface area contributed by atoms with Crippen LogP contribution in [0.25, 0.3) is 0 Å². The zero-order valence-corrected chi connectivity index (χ0v) is 20.3. The number of rotatable bonds is 8. The van der Waals surface area contributed by atoms with Crippen molar-refractivity contribution in [2.75, 3.05) is 6.61 Å². The lowest BCUT2D eigenvalue weighted by atomic mass is 9.73. The molecule has 3 unspecified atom stereocenters. The number of esters is 1. The summed E-state index contributed by atoms with van der Waals surface area (Å²) in [4.78, 5) is 12.9. The molecule has 0 aliphatic heterocycles. The van der Waals surface area contributed by atoms with Crippen molar-refractivity contribution in [3.63, 3.8) is 0 Å². The first-order valence-corrected chi connectivity index (χ1v) is 11.5. The van der Waals surface area contributed by atoms with Gasteiger partial charge in [-0.15, -0.1) is 0 Å². The lowest BCUT2D eigenvalue weighted by Gasteiger charge is -2.41. The van der Waals surface area contributed by atoms with Gasteiger partial charge in [-0.1, -0.05) is 37.9 Å². The van der Waals surface area contributed by atoms with Gasteiger partial charge < -0.3 is 4.74 Å². The van der Waals surface area contributed by atoms with Gasteiger partial charge in [-0.3, -0.25) is 4.79 Å². The molecular weight excluding hydrogens is 450 g/mol. The largest absolute Gasteiger partial charge is 0.466 e. The van der Waals surface area contributed by atoms with E-state index >= 15 is 0 Å². The third-order valence-corrected chi connectivity index (χ3v) is 7.71. The van der Waals surface area contributed by atoms with Gasteiger partial charge in [0.15, 0.2) is 0 Å². The maximum Gasteiger partial charge on any atom is 0.311 e. The Bertz CT molecular complexity index is 692. The number of hydrogen-bond acceptors (Lipinski definition) is 3. The molecule has 0 heterocycles. The first-order valence-electron chi connectivity index (χ1n) is 9.20. The molecule has 0 fully saturated rings. The van der Waals surface area contributed by atoms with E-state index in [1.807, 2.05) is 59.7 Å². The summed E-state index contributed by atoms with van der Waals surface area (Å²) in [6.07, 6.45) is 0.785. The average molecular weight is 481 g/mol. The van der Waals surface area contributed by atoms with E-state index in [2.05, 4.69) is 20.7 Å². The number of nitrogens with one attached hydrogen (secondary N) is 1. The zero-order chi connectivity index (χ0) is 21.0. The minimum Gasteiger partial charge on any atom is -0.466 e. The molecule has 1 N–H and O–H groups in total. The van der Waals surface area contributed by atoms with Crippen LogP contribution in [0.2, 0.25) is 5.02 Å². The average Bonchev–Trinajstić information content (AvgIpc) is 2.56. The molecule has 1 aromatic carbocycles. The van der Waals surface area contributed by atoms with Crippen LogP contribution in [0, 0.1) is 11.8 Å². The summed E-state index contributed by atoms with van der Waals surface area (Å²) in [5, 5.41) is 0.536. The summed E-state index contributed by atoms with van der Waals surface area (Å²) in [5.41, 5.74) is -0.115. The molecule has 4 nitrogen and oxygen atoms in total. The van der Waals surface area contributed by atoms with Crippen LogP contribution in [-0.2, 0) is 26.1 Å². The molecule has 0 aromatic heterocycles. The van der Waals surface area contributed by atoms with Crippen molar-refractivity contribution < 1.29 is 13.7 Å². The first kappa shape index (κ1) is 24.6. The molecule has 0 saturated heterocycles. The Hall–Kier alpha value is -0.430. The SMILES string of the molecule is CCOC(=O)C(C(C)CC)[C@@](C)(NS(=O)C(C)(C)C)c1ccc(Br)c(Cl)c1. The predicted molar refractivity (Wildman–Crippen MR) is 117 cm³/mol. The summed E-state index contributed by atoms with van der Waals surface area (Å²) in [6, 6.07) is 5.56. The number of benzene rings is 1. The van der Waals surface area contributed by atoms with Crippen LogP contribution in [0.1, 0.15) is 60.5 Å². The lowest BCUT2D eigenvalue weighted by Crippen LogP contribution is -2.54. The van der Waals surface area contributed by atoms with Crippen LogP contribution in [0.3, 0.4) is 0 Å². The van der Waals surface area contributed by atoms with E-state index in [1.165, 1.54) is 0 Å². The van der Waals surface area contributed by atoms with Gasteiger partial charge in [-0.2, -0.15) is 0 Å². The molecule has 0 aliphatic rings. The molecule has 1 aromatic rings. The molecule has 154 valence electrons. The molecule has 7 heteroatoms. The summed E-state index contributed by atoms with van der Waals surface area (Å²) in [7, 11) is -1.39. The minimum atomic E-state index is -1.39. The Kier molecular flexibility index (Phi) is 8.98. The predicted octanol–water partition coefficient (Wildman–Crippen LogP) is 5.59. The minimum absolute atomic E-state index is 0.0148. The maximum absolute atomic E-state index is 13.0. The van der Waals surface area contributed by atoms with Gasteiger partial charge in [-0.05, 0) is 74.2 Å². The quantitative estimate of drug-likeness (QED) is 0.493. The monoisotopic (exact) mass is 479 g/mol. The van der Waals surface area contributed by atoms with Crippen molar-refractivity contribution in [3.8, 4) is 0 Å². The molecular formula is C20H31BrClNO3S. The highest BCUT2D eigenvalue weighted by atomic mass is 79.9. The van der Waals surface area contributed by atoms with Crippen LogP contribution in [-0.4, -0.2) is 21.5 Å². The van der Waals surface area contributed by atoms with E-state index in [-0.39, 0.29) is 11.9 Å². The van der Waals surface area contributed by atoms with Gasteiger partial charge in [0, 0.05) is 4.47 Å². The molecule has 0 radical (unpaired) electrons. The summed E-state index contributed by atoms with van der Waals surface area (Å²) >= 11 is 9.75. The third-order valence-electron chi connectivity index (χ3n) is 4.76. The Morgan fingerprint density at radius 3 is 2.33 bits per heavy atom. The van der Waals surface area contributed by atoms with Gasteiger partial charge >= 0.3 is 5.97 Å². The van der Waals surface area contributed by atoms with Crippen LogP contribution in [0.5, 0.6) is 0 Å². The number of halogens is 2. The highest BCUT2D eigenvalue weighted by Gasteiger charge is 2.46. The van der Waals surface area contributed by atoms with Crippen LogP contribution in [0.4, 0.5) is 0 Å². The summed E-state index contributed by atoms with van der Waals surface area (Å²) in [6.45, 7) is 13.7. The molecule has 0 bridgehead atoms. The van der Waals surface area contributed by atoms with Crippen LogP contribution >= 0.6 is 27.5 Å². The zero-order valence-electron chi connectivity index (χ0n) is 17.2. The van der Waals surface area contributed by atoms with E-state index in [1.54, 1.807) is 6.92 Å². The van der Waals surface area contributed by atoms with Gasteiger partial charge in [0.2, 0.25) is 0 Å². The van der Waals surface area contributed by atoms with Crippen molar-refractivity contribution in [1.29, 1.82) is 0 Å². The van der Waals surface area contributed by atoms with E-state index in [0.717, 1.165) is 16.5 Å². The standard InChI is InChI=1S/C20H31BrClNO3S/c1-8-13(3)17(18(24)26-9-2)20(7,23-27(25)19(4,5)6)14-10-11-15(21)16(22)12-14/h10-13,17,23H,8-9H2,1-7H3/t13?,17?,20-,27?/m0/s1. The van der Waals surface area contributed by atoms with Crippen molar-refractivity contribution >= 4 is 44.5 Å². The smallest absolute Gasteiger partial charge is 0.311 e. The molecule has 4 atom stereocenters. The van der Waals surface area contributed by atoms with E-state index in [4.69, 9.17) is 16.3 Å². The first-order chi connectivity index (χ1) is 12.4. The van der Waals surface area contributed by atoms with Crippen molar-refractivity contribution in [1.82, 2.24) is 4.72 Å². The number of carbonyl (C=O) groups is 1. The molecule has 0 saturated carbocycles. The Balaban J connectivity index is 3.60. The second kappa shape index (κ2) is 9.86. The Morgan fingerprint density at radius 1 is 1.30 bits per heavy atom. The number of hydrogen-bond donors (Lipinski definition) is 1. The third kappa shape index (κ3) is 6.02. The van der Waals surface area contributed by atoms with E-state index < -0.39 is 27.2 Å². The van der Waals surface area contributed by atoms with Gasteiger partial charge in [-0.25, -0.2) is 8.93 Å². The molecule has 0 amide bonds. The highest BCUT2D eigenvalue weighted by molar-refractivity contribution is 9.10. The molecule has 27 heavy (non-hydrogen) atoms. The van der Waals surface area contributed by atoms with Crippen molar-refractivity contribution in [2.45, 2.75) is 65.2 Å². The van der Waals surface area contributed by atoms with E-state index in [0.29, 0.717) is 11.6 Å². The number of ether oxygens (including phenoxy) is 1. The fraction of sp³-hybridized carbons (Fsp3) is 0.650. The maximum atomic E-state index is 13.0. The Labute approximate surface area is 179 Å².